The van der Waals surface area contributed by atoms with Crippen LogP contribution in [0.1, 0.15) is 5.56 Å². The molecule has 2 rings (SSSR count). The van der Waals surface area contributed by atoms with Crippen molar-refractivity contribution in [2.45, 2.75) is 6.54 Å². The second kappa shape index (κ2) is 6.67. The largest absolute Gasteiger partial charge is 0.494 e. The van der Waals surface area contributed by atoms with Gasteiger partial charge >= 0.3 is 5.97 Å². The van der Waals surface area contributed by atoms with E-state index in [0.29, 0.717) is 25.2 Å². The monoisotopic (exact) mass is 282 g/mol. The van der Waals surface area contributed by atoms with Gasteiger partial charge in [-0.15, -0.1) is 0 Å². The summed E-state index contributed by atoms with van der Waals surface area (Å²) in [6.07, 6.45) is 0. The zero-order valence-electron chi connectivity index (χ0n) is 11.5. The highest BCUT2D eigenvalue weighted by atomic mass is 19.1. The number of hydrogen-bond donors (Lipinski definition) is 1. The summed E-state index contributed by atoms with van der Waals surface area (Å²) in [6, 6.07) is 5.13. The molecule has 5 nitrogen and oxygen atoms in total. The smallest absolute Gasteiger partial charge is 0.317 e. The SMILES string of the molecule is COc1cccc(CN2CCN(CC(=O)O)CC2)c1F. The summed E-state index contributed by atoms with van der Waals surface area (Å²) in [5.41, 5.74) is 0.607. The summed E-state index contributed by atoms with van der Waals surface area (Å²) < 4.78 is 19.0. The van der Waals surface area contributed by atoms with Crippen molar-refractivity contribution in [2.24, 2.45) is 0 Å². The molecule has 1 fully saturated rings. The molecule has 0 atom stereocenters. The highest BCUT2D eigenvalue weighted by Gasteiger charge is 2.20. The molecule has 1 aromatic carbocycles. The lowest BCUT2D eigenvalue weighted by atomic mass is 10.1. The molecule has 1 aliphatic heterocycles. The number of carboxylic acid groups (broad SMARTS) is 1. The normalized spacial score (nSPS) is 17.1. The van der Waals surface area contributed by atoms with Gasteiger partial charge < -0.3 is 9.84 Å². The minimum Gasteiger partial charge on any atom is -0.494 e. The molecule has 0 saturated carbocycles. The summed E-state index contributed by atoms with van der Waals surface area (Å²) in [4.78, 5) is 14.6. The number of benzene rings is 1. The number of carbonyl (C=O) groups is 1. The second-order valence-corrected chi connectivity index (χ2v) is 4.88. The van der Waals surface area contributed by atoms with Crippen LogP contribution in [0, 0.1) is 5.82 Å². The Labute approximate surface area is 117 Å². The van der Waals surface area contributed by atoms with E-state index < -0.39 is 5.97 Å². The first-order chi connectivity index (χ1) is 9.60. The molecule has 1 heterocycles. The van der Waals surface area contributed by atoms with Crippen LogP contribution >= 0.6 is 0 Å². The molecule has 0 spiro atoms. The predicted molar refractivity (Wildman–Crippen MR) is 72.3 cm³/mol. The topological polar surface area (TPSA) is 53.0 Å². The van der Waals surface area contributed by atoms with Gasteiger partial charge in [-0.1, -0.05) is 12.1 Å². The van der Waals surface area contributed by atoms with Gasteiger partial charge in [-0.2, -0.15) is 0 Å². The van der Waals surface area contributed by atoms with Gasteiger partial charge in [-0.3, -0.25) is 14.6 Å². The third-order valence-electron chi connectivity index (χ3n) is 3.48. The molecule has 0 amide bonds. The van der Waals surface area contributed by atoms with Crippen LogP contribution in [0.4, 0.5) is 4.39 Å². The van der Waals surface area contributed by atoms with Crippen molar-refractivity contribution in [1.82, 2.24) is 9.80 Å². The molecular weight excluding hydrogens is 263 g/mol. The molecular formula is C14H19FN2O3. The van der Waals surface area contributed by atoms with E-state index >= 15 is 0 Å². The molecule has 110 valence electrons. The van der Waals surface area contributed by atoms with Crippen molar-refractivity contribution in [3.8, 4) is 5.75 Å². The van der Waals surface area contributed by atoms with Crippen molar-refractivity contribution in [2.75, 3.05) is 39.8 Å². The van der Waals surface area contributed by atoms with Crippen LogP contribution in [-0.4, -0.2) is 60.7 Å². The van der Waals surface area contributed by atoms with Crippen LogP contribution in [0.3, 0.4) is 0 Å². The molecule has 6 heteroatoms. The fourth-order valence-electron chi connectivity index (χ4n) is 2.37. The van der Waals surface area contributed by atoms with Crippen LogP contribution in [0.15, 0.2) is 18.2 Å². The Balaban J connectivity index is 1.91. The number of ether oxygens (including phenoxy) is 1. The minimum atomic E-state index is -0.808. The van der Waals surface area contributed by atoms with E-state index in [0.717, 1.165) is 13.1 Å². The first kappa shape index (κ1) is 14.7. The second-order valence-electron chi connectivity index (χ2n) is 4.88. The van der Waals surface area contributed by atoms with Crippen molar-refractivity contribution >= 4 is 5.97 Å². The van der Waals surface area contributed by atoms with Crippen molar-refractivity contribution in [3.05, 3.63) is 29.6 Å². The van der Waals surface area contributed by atoms with Crippen molar-refractivity contribution in [3.63, 3.8) is 0 Å². The maximum atomic E-state index is 14.0. The highest BCUT2D eigenvalue weighted by molar-refractivity contribution is 5.69. The third-order valence-corrected chi connectivity index (χ3v) is 3.48. The lowest BCUT2D eigenvalue weighted by molar-refractivity contribution is -0.138. The average Bonchev–Trinajstić information content (AvgIpc) is 2.43. The number of aliphatic carboxylic acids is 1. The van der Waals surface area contributed by atoms with Crippen LogP contribution < -0.4 is 4.74 Å². The van der Waals surface area contributed by atoms with Gasteiger partial charge in [-0.25, -0.2) is 4.39 Å². The lowest BCUT2D eigenvalue weighted by Gasteiger charge is -2.33. The molecule has 0 bridgehead atoms. The zero-order valence-corrected chi connectivity index (χ0v) is 11.5. The van der Waals surface area contributed by atoms with E-state index in [1.807, 2.05) is 4.90 Å². The number of methoxy groups -OCH3 is 1. The summed E-state index contributed by atoms with van der Waals surface area (Å²) in [7, 11) is 1.45. The van der Waals surface area contributed by atoms with Gasteiger partial charge in [0.2, 0.25) is 0 Å². The molecule has 0 radical (unpaired) electrons. The number of carboxylic acids is 1. The molecule has 0 aromatic heterocycles. The molecule has 1 saturated heterocycles. The first-order valence-corrected chi connectivity index (χ1v) is 6.58. The van der Waals surface area contributed by atoms with Crippen LogP contribution in [0.5, 0.6) is 5.75 Å². The molecule has 0 unspecified atom stereocenters. The van der Waals surface area contributed by atoms with Crippen LogP contribution in [0.25, 0.3) is 0 Å². The van der Waals surface area contributed by atoms with E-state index in [2.05, 4.69) is 4.90 Å². The Morgan fingerprint density at radius 3 is 2.55 bits per heavy atom. The van der Waals surface area contributed by atoms with Crippen LogP contribution in [-0.2, 0) is 11.3 Å². The van der Waals surface area contributed by atoms with Gasteiger partial charge in [-0.05, 0) is 6.07 Å². The molecule has 1 aromatic rings. The minimum absolute atomic E-state index is 0.0708. The summed E-state index contributed by atoms with van der Waals surface area (Å²) >= 11 is 0. The number of halogens is 1. The van der Waals surface area contributed by atoms with E-state index in [4.69, 9.17) is 9.84 Å². The molecule has 0 aliphatic carbocycles. The summed E-state index contributed by atoms with van der Waals surface area (Å²) in [5.74, 6) is -0.868. The van der Waals surface area contributed by atoms with Crippen LogP contribution in [0.2, 0.25) is 0 Å². The van der Waals surface area contributed by atoms with Gasteiger partial charge in [0.1, 0.15) is 0 Å². The Kier molecular flexibility index (Phi) is 4.92. The summed E-state index contributed by atoms with van der Waals surface area (Å²) in [6.45, 7) is 3.45. The van der Waals surface area contributed by atoms with E-state index in [-0.39, 0.29) is 18.1 Å². The Morgan fingerprint density at radius 2 is 1.95 bits per heavy atom. The predicted octanol–water partition coefficient (Wildman–Crippen LogP) is 1.04. The quantitative estimate of drug-likeness (QED) is 0.874. The van der Waals surface area contributed by atoms with Gasteiger partial charge in [0.05, 0.1) is 13.7 Å². The van der Waals surface area contributed by atoms with Crippen molar-refractivity contribution < 1.29 is 19.0 Å². The standard InChI is InChI=1S/C14H19FN2O3/c1-20-12-4-2-3-11(14(12)15)9-16-5-7-17(8-6-16)10-13(18)19/h2-4H,5-10H2,1H3,(H,18,19). The van der Waals surface area contributed by atoms with Gasteiger partial charge in [0.25, 0.3) is 0 Å². The maximum Gasteiger partial charge on any atom is 0.317 e. The number of nitrogens with zero attached hydrogens (tertiary/aromatic N) is 2. The molecule has 1 aliphatic rings. The number of rotatable bonds is 5. The van der Waals surface area contributed by atoms with Crippen molar-refractivity contribution in [1.29, 1.82) is 0 Å². The summed E-state index contributed by atoms with van der Waals surface area (Å²) in [5, 5.41) is 8.74. The molecule has 1 N–H and O–H groups in total. The Hall–Kier alpha value is -1.66. The Bertz CT molecular complexity index is 473. The fraction of sp³-hybridized carbons (Fsp3) is 0.500. The number of piperazine rings is 1. The first-order valence-electron chi connectivity index (χ1n) is 6.58. The number of hydrogen-bond acceptors (Lipinski definition) is 4. The van der Waals surface area contributed by atoms with E-state index in [9.17, 15) is 9.18 Å². The van der Waals surface area contributed by atoms with E-state index in [1.165, 1.54) is 7.11 Å². The lowest BCUT2D eigenvalue weighted by Crippen LogP contribution is -2.47. The fourth-order valence-corrected chi connectivity index (χ4v) is 2.37. The Morgan fingerprint density at radius 1 is 1.30 bits per heavy atom. The zero-order chi connectivity index (χ0) is 14.5. The third kappa shape index (κ3) is 3.68. The van der Waals surface area contributed by atoms with Gasteiger partial charge in [0.15, 0.2) is 11.6 Å². The average molecular weight is 282 g/mol. The van der Waals surface area contributed by atoms with E-state index in [1.54, 1.807) is 18.2 Å². The highest BCUT2D eigenvalue weighted by Crippen LogP contribution is 2.21. The maximum absolute atomic E-state index is 14.0. The molecule has 20 heavy (non-hydrogen) atoms. The van der Waals surface area contributed by atoms with Gasteiger partial charge in [0, 0.05) is 38.3 Å².